The fourth-order valence-corrected chi connectivity index (χ4v) is 0.336. The van der Waals surface area contributed by atoms with E-state index in [2.05, 4.69) is 5.92 Å². The molecule has 0 heterocycles. The van der Waals surface area contributed by atoms with Gasteiger partial charge in [0.2, 0.25) is 0 Å². The summed E-state index contributed by atoms with van der Waals surface area (Å²) >= 11 is 0. The van der Waals surface area contributed by atoms with Gasteiger partial charge < -0.3 is 5.11 Å². The molecule has 0 aliphatic carbocycles. The summed E-state index contributed by atoms with van der Waals surface area (Å²) < 4.78 is 0. The van der Waals surface area contributed by atoms with E-state index in [1.54, 1.807) is 13.8 Å². The first-order valence-corrected chi connectivity index (χ1v) is 2.86. The lowest BCUT2D eigenvalue weighted by Gasteiger charge is -2.27. The molecular formula is C7H11NO2. The largest absolute Gasteiger partial charge is 0.465 e. The van der Waals surface area contributed by atoms with E-state index in [9.17, 15) is 4.79 Å². The van der Waals surface area contributed by atoms with Crippen molar-refractivity contribution in [2.75, 3.05) is 7.05 Å². The van der Waals surface area contributed by atoms with Crippen LogP contribution >= 0.6 is 0 Å². The zero-order valence-electron chi connectivity index (χ0n) is 6.38. The Kier molecular flexibility index (Phi) is 2.30. The van der Waals surface area contributed by atoms with Gasteiger partial charge >= 0.3 is 6.09 Å². The van der Waals surface area contributed by atoms with E-state index < -0.39 is 11.6 Å². The minimum atomic E-state index is -1.01. The molecule has 0 aromatic rings. The topological polar surface area (TPSA) is 40.5 Å². The smallest absolute Gasteiger partial charge is 0.408 e. The Morgan fingerprint density at radius 3 is 2.20 bits per heavy atom. The van der Waals surface area contributed by atoms with Crippen LogP contribution in [0.5, 0.6) is 0 Å². The van der Waals surface area contributed by atoms with Gasteiger partial charge in [-0.25, -0.2) is 4.79 Å². The van der Waals surface area contributed by atoms with Crippen LogP contribution in [-0.2, 0) is 0 Å². The zero-order chi connectivity index (χ0) is 8.36. The molecule has 0 atom stereocenters. The number of rotatable bonds is 1. The van der Waals surface area contributed by atoms with Crippen molar-refractivity contribution >= 4 is 6.09 Å². The lowest BCUT2D eigenvalue weighted by atomic mass is 10.1. The monoisotopic (exact) mass is 141 g/mol. The Hall–Kier alpha value is -1.17. The Labute approximate surface area is 60.6 Å². The number of hydrogen-bond donors (Lipinski definition) is 1. The molecule has 0 rings (SSSR count). The number of nitrogens with zero attached hydrogens (tertiary/aromatic N) is 1. The van der Waals surface area contributed by atoms with Gasteiger partial charge in [0.1, 0.15) is 5.54 Å². The molecule has 1 N–H and O–H groups in total. The van der Waals surface area contributed by atoms with E-state index in [1.165, 1.54) is 7.05 Å². The van der Waals surface area contributed by atoms with E-state index in [0.29, 0.717) is 0 Å². The lowest BCUT2D eigenvalue weighted by molar-refractivity contribution is 0.130. The molecule has 3 heteroatoms. The predicted octanol–water partition coefficient (Wildman–Crippen LogP) is 1.01. The van der Waals surface area contributed by atoms with Crippen LogP contribution in [0.4, 0.5) is 4.79 Å². The summed E-state index contributed by atoms with van der Waals surface area (Å²) in [4.78, 5) is 11.4. The molecule has 0 bridgehead atoms. The number of terminal acetylenes is 1. The third kappa shape index (κ3) is 1.66. The number of carbonyl (C=O) groups is 1. The summed E-state index contributed by atoms with van der Waals surface area (Å²) in [7, 11) is 1.45. The third-order valence-corrected chi connectivity index (χ3v) is 1.48. The van der Waals surface area contributed by atoms with Gasteiger partial charge in [0.05, 0.1) is 0 Å². The van der Waals surface area contributed by atoms with Crippen molar-refractivity contribution in [1.82, 2.24) is 4.90 Å². The van der Waals surface area contributed by atoms with Crippen molar-refractivity contribution in [2.45, 2.75) is 19.4 Å². The standard InChI is InChI=1S/C7H11NO2/c1-5-7(2,3)8(4)6(9)10/h1H,2-4H3,(H,9,10). The molecule has 10 heavy (non-hydrogen) atoms. The van der Waals surface area contributed by atoms with Crippen molar-refractivity contribution in [3.8, 4) is 12.3 Å². The van der Waals surface area contributed by atoms with Gasteiger partial charge in [-0.3, -0.25) is 4.90 Å². The Morgan fingerprint density at radius 2 is 2.10 bits per heavy atom. The average molecular weight is 141 g/mol. The molecule has 0 aliphatic rings. The highest BCUT2D eigenvalue weighted by atomic mass is 16.4. The average Bonchev–Trinajstić information content (AvgIpc) is 1.86. The molecular weight excluding hydrogens is 130 g/mol. The second-order valence-electron chi connectivity index (χ2n) is 2.54. The highest BCUT2D eigenvalue weighted by Gasteiger charge is 2.24. The van der Waals surface area contributed by atoms with Gasteiger partial charge in [-0.05, 0) is 13.8 Å². The van der Waals surface area contributed by atoms with E-state index in [-0.39, 0.29) is 0 Å². The maximum absolute atomic E-state index is 10.3. The van der Waals surface area contributed by atoms with Crippen molar-refractivity contribution in [3.63, 3.8) is 0 Å². The van der Waals surface area contributed by atoms with Crippen molar-refractivity contribution in [3.05, 3.63) is 0 Å². The van der Waals surface area contributed by atoms with E-state index in [4.69, 9.17) is 11.5 Å². The number of hydrogen-bond acceptors (Lipinski definition) is 1. The van der Waals surface area contributed by atoms with Gasteiger partial charge in [-0.15, -0.1) is 6.42 Å². The third-order valence-electron chi connectivity index (χ3n) is 1.48. The Balaban J connectivity index is 4.37. The summed E-state index contributed by atoms with van der Waals surface area (Å²) in [6.45, 7) is 3.34. The van der Waals surface area contributed by atoms with Crippen LogP contribution in [0.25, 0.3) is 0 Å². The lowest BCUT2D eigenvalue weighted by Crippen LogP contribution is -2.42. The number of amides is 1. The van der Waals surface area contributed by atoms with Crippen molar-refractivity contribution in [1.29, 1.82) is 0 Å². The van der Waals surface area contributed by atoms with Crippen molar-refractivity contribution in [2.24, 2.45) is 0 Å². The number of carboxylic acid groups (broad SMARTS) is 1. The molecule has 0 unspecified atom stereocenters. The molecule has 3 nitrogen and oxygen atoms in total. The van der Waals surface area contributed by atoms with Gasteiger partial charge in [-0.2, -0.15) is 0 Å². The first kappa shape index (κ1) is 8.83. The minimum Gasteiger partial charge on any atom is -0.465 e. The first-order chi connectivity index (χ1) is 4.41. The van der Waals surface area contributed by atoms with E-state index in [0.717, 1.165) is 4.90 Å². The normalized spacial score (nSPS) is 10.2. The quantitative estimate of drug-likeness (QED) is 0.553. The fraction of sp³-hybridized carbons (Fsp3) is 0.571. The summed E-state index contributed by atoms with van der Waals surface area (Å²) in [5, 5.41) is 8.48. The maximum Gasteiger partial charge on any atom is 0.408 e. The van der Waals surface area contributed by atoms with Crippen LogP contribution in [0.3, 0.4) is 0 Å². The zero-order valence-corrected chi connectivity index (χ0v) is 6.38. The SMILES string of the molecule is C#CC(C)(C)N(C)C(=O)O. The van der Waals surface area contributed by atoms with E-state index >= 15 is 0 Å². The highest BCUT2D eigenvalue weighted by molar-refractivity contribution is 5.66. The predicted molar refractivity (Wildman–Crippen MR) is 38.7 cm³/mol. The molecule has 0 aliphatic heterocycles. The summed E-state index contributed by atoms with van der Waals surface area (Å²) in [6, 6.07) is 0. The minimum absolute atomic E-state index is 0.716. The summed E-state index contributed by atoms with van der Waals surface area (Å²) in [5.74, 6) is 2.37. The van der Waals surface area contributed by atoms with Gasteiger partial charge in [0.25, 0.3) is 0 Å². The van der Waals surface area contributed by atoms with Crippen LogP contribution < -0.4 is 0 Å². The maximum atomic E-state index is 10.3. The molecule has 0 spiro atoms. The molecule has 0 fully saturated rings. The fourth-order valence-electron chi connectivity index (χ4n) is 0.336. The molecule has 56 valence electrons. The first-order valence-electron chi connectivity index (χ1n) is 2.86. The molecule has 0 saturated carbocycles. The van der Waals surface area contributed by atoms with Crippen LogP contribution in [0.1, 0.15) is 13.8 Å². The molecule has 0 saturated heterocycles. The van der Waals surface area contributed by atoms with Gasteiger partial charge in [0, 0.05) is 7.05 Å². The second kappa shape index (κ2) is 2.61. The summed E-state index contributed by atoms with van der Waals surface area (Å²) in [6.07, 6.45) is 4.08. The van der Waals surface area contributed by atoms with Crippen LogP contribution in [-0.4, -0.2) is 28.7 Å². The Bertz CT molecular complexity index is 179. The van der Waals surface area contributed by atoms with Crippen LogP contribution in [0.15, 0.2) is 0 Å². The molecule has 0 aromatic heterocycles. The van der Waals surface area contributed by atoms with Crippen LogP contribution in [0.2, 0.25) is 0 Å². The van der Waals surface area contributed by atoms with Crippen LogP contribution in [0, 0.1) is 12.3 Å². The van der Waals surface area contributed by atoms with Gasteiger partial charge in [0.15, 0.2) is 0 Å². The molecule has 0 radical (unpaired) electrons. The summed E-state index contributed by atoms with van der Waals surface area (Å²) in [5.41, 5.74) is -0.716. The van der Waals surface area contributed by atoms with Gasteiger partial charge in [-0.1, -0.05) is 5.92 Å². The Morgan fingerprint density at radius 1 is 1.70 bits per heavy atom. The van der Waals surface area contributed by atoms with Crippen molar-refractivity contribution < 1.29 is 9.90 Å². The molecule has 1 amide bonds. The van der Waals surface area contributed by atoms with E-state index in [1.807, 2.05) is 0 Å². The second-order valence-corrected chi connectivity index (χ2v) is 2.54. The molecule has 0 aromatic carbocycles. The highest BCUT2D eigenvalue weighted by Crippen LogP contribution is 2.09.